The molecule has 172 valence electrons. The molecule has 1 N–H and O–H groups in total. The van der Waals surface area contributed by atoms with Crippen molar-refractivity contribution in [1.29, 1.82) is 0 Å². The van der Waals surface area contributed by atoms with Crippen LogP contribution in [0.1, 0.15) is 21.8 Å². The minimum absolute atomic E-state index is 0.00940. The minimum Gasteiger partial charge on any atom is -0.361 e. The highest BCUT2D eigenvalue weighted by Gasteiger charge is 2.25. The number of carbonyl (C=O) groups is 2. The van der Waals surface area contributed by atoms with Crippen LogP contribution in [-0.2, 0) is 10.5 Å². The van der Waals surface area contributed by atoms with Gasteiger partial charge in [0, 0.05) is 48.6 Å². The normalized spacial score (nSPS) is 14.3. The number of hydrogen-bond donors (Lipinski definition) is 1. The van der Waals surface area contributed by atoms with Gasteiger partial charge in [-0.3, -0.25) is 14.5 Å². The van der Waals surface area contributed by atoms with Crippen molar-refractivity contribution in [1.82, 2.24) is 15.0 Å². The molecule has 0 bridgehead atoms. The Bertz CT molecular complexity index is 1110. The smallest absolute Gasteiger partial charge is 0.255 e. The van der Waals surface area contributed by atoms with Gasteiger partial charge in [-0.25, -0.2) is 4.39 Å². The van der Waals surface area contributed by atoms with E-state index >= 15 is 0 Å². The molecule has 0 radical (unpaired) electrons. The number of rotatable bonds is 7. The summed E-state index contributed by atoms with van der Waals surface area (Å²) in [5.41, 5.74) is 2.07. The number of halogens is 1. The first-order chi connectivity index (χ1) is 16.0. The molecular formula is C24H25FN4O3S. The van der Waals surface area contributed by atoms with Crippen molar-refractivity contribution in [3.63, 3.8) is 0 Å². The Hall–Kier alpha value is -3.17. The van der Waals surface area contributed by atoms with Crippen molar-refractivity contribution in [3.8, 4) is 0 Å². The molecule has 1 saturated heterocycles. The molecule has 0 saturated carbocycles. The van der Waals surface area contributed by atoms with Gasteiger partial charge in [-0.15, -0.1) is 11.8 Å². The van der Waals surface area contributed by atoms with Crippen LogP contribution in [0.15, 0.2) is 64.0 Å². The molecule has 4 rings (SSSR count). The lowest BCUT2D eigenvalue weighted by atomic mass is 10.2. The van der Waals surface area contributed by atoms with E-state index < -0.39 is 0 Å². The maximum atomic E-state index is 13.2. The van der Waals surface area contributed by atoms with Crippen molar-refractivity contribution in [2.75, 3.05) is 38.0 Å². The number of nitrogens with zero attached hydrogens (tertiary/aromatic N) is 3. The topological polar surface area (TPSA) is 78.7 Å². The van der Waals surface area contributed by atoms with Crippen LogP contribution >= 0.6 is 11.8 Å². The number of nitrogens with one attached hydrogen (secondary N) is 1. The largest absolute Gasteiger partial charge is 0.361 e. The van der Waals surface area contributed by atoms with E-state index in [1.807, 2.05) is 47.1 Å². The summed E-state index contributed by atoms with van der Waals surface area (Å²) in [7, 11) is 0. The second-order valence-electron chi connectivity index (χ2n) is 7.84. The van der Waals surface area contributed by atoms with Gasteiger partial charge in [-0.1, -0.05) is 17.3 Å². The summed E-state index contributed by atoms with van der Waals surface area (Å²) < 4.78 is 18.1. The predicted molar refractivity (Wildman–Crippen MR) is 125 cm³/mol. The Morgan fingerprint density at radius 3 is 2.52 bits per heavy atom. The predicted octanol–water partition coefficient (Wildman–Crippen LogP) is 3.81. The number of amides is 2. The lowest BCUT2D eigenvalue weighted by molar-refractivity contribution is -0.117. The Morgan fingerprint density at radius 1 is 1.09 bits per heavy atom. The number of hydrogen-bond acceptors (Lipinski definition) is 6. The van der Waals surface area contributed by atoms with Crippen LogP contribution in [-0.4, -0.2) is 59.5 Å². The summed E-state index contributed by atoms with van der Waals surface area (Å²) in [6, 6.07) is 15.2. The SMILES string of the molecule is Cc1cc(CSc2ccccc2C(=O)N2CCN(CC(=O)Nc3ccc(F)cc3)CC2)no1. The lowest BCUT2D eigenvalue weighted by Gasteiger charge is -2.34. The summed E-state index contributed by atoms with van der Waals surface area (Å²) >= 11 is 1.56. The third-order valence-corrected chi connectivity index (χ3v) is 6.43. The third kappa shape index (κ3) is 6.21. The van der Waals surface area contributed by atoms with Crippen molar-refractivity contribution in [2.45, 2.75) is 17.6 Å². The molecule has 0 aliphatic carbocycles. The maximum absolute atomic E-state index is 13.2. The number of aromatic nitrogens is 1. The van der Waals surface area contributed by atoms with E-state index in [1.165, 1.54) is 24.3 Å². The molecule has 2 heterocycles. The van der Waals surface area contributed by atoms with Gasteiger partial charge in [-0.05, 0) is 43.3 Å². The highest BCUT2D eigenvalue weighted by molar-refractivity contribution is 7.98. The number of benzene rings is 2. The van der Waals surface area contributed by atoms with Gasteiger partial charge in [-0.2, -0.15) is 0 Å². The van der Waals surface area contributed by atoms with Crippen LogP contribution in [0, 0.1) is 12.7 Å². The first kappa shape index (κ1) is 23.0. The summed E-state index contributed by atoms with van der Waals surface area (Å²) in [5, 5.41) is 6.78. The molecule has 0 unspecified atom stereocenters. The molecule has 9 heteroatoms. The zero-order valence-corrected chi connectivity index (χ0v) is 19.1. The number of thioether (sulfide) groups is 1. The van der Waals surface area contributed by atoms with Crippen molar-refractivity contribution < 1.29 is 18.5 Å². The number of carbonyl (C=O) groups excluding carboxylic acids is 2. The molecule has 2 aromatic carbocycles. The van der Waals surface area contributed by atoms with E-state index in [9.17, 15) is 14.0 Å². The Labute approximate surface area is 195 Å². The maximum Gasteiger partial charge on any atom is 0.255 e. The Morgan fingerprint density at radius 2 is 1.82 bits per heavy atom. The minimum atomic E-state index is -0.345. The van der Waals surface area contributed by atoms with Crippen LogP contribution in [0.2, 0.25) is 0 Å². The summed E-state index contributed by atoms with van der Waals surface area (Å²) in [6.45, 7) is 4.38. The van der Waals surface area contributed by atoms with E-state index in [-0.39, 0.29) is 24.2 Å². The zero-order valence-electron chi connectivity index (χ0n) is 18.3. The van der Waals surface area contributed by atoms with Gasteiger partial charge in [0.1, 0.15) is 11.6 Å². The van der Waals surface area contributed by atoms with Crippen molar-refractivity contribution in [2.24, 2.45) is 0 Å². The lowest BCUT2D eigenvalue weighted by Crippen LogP contribution is -2.50. The molecule has 1 fully saturated rings. The van der Waals surface area contributed by atoms with Crippen LogP contribution in [0.3, 0.4) is 0 Å². The van der Waals surface area contributed by atoms with Gasteiger partial charge in [0.25, 0.3) is 5.91 Å². The van der Waals surface area contributed by atoms with Gasteiger partial charge >= 0.3 is 0 Å². The van der Waals surface area contributed by atoms with Crippen molar-refractivity contribution in [3.05, 3.63) is 77.4 Å². The molecule has 0 spiro atoms. The zero-order chi connectivity index (χ0) is 23.2. The van der Waals surface area contributed by atoms with Crippen LogP contribution in [0.4, 0.5) is 10.1 Å². The van der Waals surface area contributed by atoms with Crippen LogP contribution in [0.5, 0.6) is 0 Å². The number of piperazine rings is 1. The fourth-order valence-electron chi connectivity index (χ4n) is 3.62. The molecule has 7 nitrogen and oxygen atoms in total. The van der Waals surface area contributed by atoms with Gasteiger partial charge in [0.05, 0.1) is 17.8 Å². The highest BCUT2D eigenvalue weighted by Crippen LogP contribution is 2.27. The van der Waals surface area contributed by atoms with E-state index in [0.29, 0.717) is 43.2 Å². The van der Waals surface area contributed by atoms with Gasteiger partial charge in [0.2, 0.25) is 5.91 Å². The molecule has 3 aromatic rings. The monoisotopic (exact) mass is 468 g/mol. The molecular weight excluding hydrogens is 443 g/mol. The Balaban J connectivity index is 1.29. The molecule has 2 amide bonds. The average molecular weight is 469 g/mol. The van der Waals surface area contributed by atoms with Gasteiger partial charge in [0.15, 0.2) is 0 Å². The summed E-state index contributed by atoms with van der Waals surface area (Å²) in [5.74, 6) is 0.871. The van der Waals surface area contributed by atoms with E-state index in [4.69, 9.17) is 4.52 Å². The first-order valence-electron chi connectivity index (χ1n) is 10.7. The highest BCUT2D eigenvalue weighted by atomic mass is 32.2. The summed E-state index contributed by atoms with van der Waals surface area (Å²) in [6.07, 6.45) is 0. The quantitative estimate of drug-likeness (QED) is 0.532. The number of aryl methyl sites for hydroxylation is 1. The summed E-state index contributed by atoms with van der Waals surface area (Å²) in [4.78, 5) is 30.2. The van der Waals surface area contributed by atoms with E-state index in [2.05, 4.69) is 10.5 Å². The fourth-order valence-corrected chi connectivity index (χ4v) is 4.55. The molecule has 33 heavy (non-hydrogen) atoms. The van der Waals surface area contributed by atoms with Crippen LogP contribution < -0.4 is 5.32 Å². The second-order valence-corrected chi connectivity index (χ2v) is 8.85. The average Bonchev–Trinajstić information content (AvgIpc) is 3.24. The van der Waals surface area contributed by atoms with E-state index in [0.717, 1.165) is 16.3 Å². The molecule has 1 aromatic heterocycles. The number of anilines is 1. The standard InChI is InChI=1S/C24H25FN4O3S/c1-17-14-20(27-32-17)16-33-22-5-3-2-4-21(22)24(31)29-12-10-28(11-13-29)15-23(30)26-19-8-6-18(25)7-9-19/h2-9,14H,10-13,15-16H2,1H3,(H,26,30). The molecule has 0 atom stereocenters. The molecule has 1 aliphatic heterocycles. The Kier molecular flexibility index (Phi) is 7.41. The van der Waals surface area contributed by atoms with Gasteiger partial charge < -0.3 is 14.7 Å². The van der Waals surface area contributed by atoms with Crippen molar-refractivity contribution >= 4 is 29.3 Å². The van der Waals surface area contributed by atoms with Crippen LogP contribution in [0.25, 0.3) is 0 Å². The fraction of sp³-hybridized carbons (Fsp3) is 0.292. The second kappa shape index (κ2) is 10.6. The third-order valence-electron chi connectivity index (χ3n) is 5.32. The first-order valence-corrected chi connectivity index (χ1v) is 11.7. The van der Waals surface area contributed by atoms with E-state index in [1.54, 1.807) is 11.8 Å². The molecule has 1 aliphatic rings.